The first kappa shape index (κ1) is 9.81. The summed E-state index contributed by atoms with van der Waals surface area (Å²) in [5, 5.41) is 2.91. The van der Waals surface area contributed by atoms with Crippen LogP contribution in [-0.4, -0.2) is 23.9 Å². The number of rotatable bonds is 3. The highest BCUT2D eigenvalue weighted by atomic mass is 35.5. The Bertz CT molecular complexity index is 163. The molecule has 4 heteroatoms. The highest BCUT2D eigenvalue weighted by Crippen LogP contribution is 2.16. The van der Waals surface area contributed by atoms with E-state index in [1.165, 1.54) is 0 Å². The van der Waals surface area contributed by atoms with Gasteiger partial charge in [0.1, 0.15) is 0 Å². The predicted octanol–water partition coefficient (Wildman–Crippen LogP) is 0.611. The predicted molar refractivity (Wildman–Crippen MR) is 49.1 cm³/mol. The van der Waals surface area contributed by atoms with Crippen LogP contribution in [0.4, 0.5) is 0 Å². The zero-order chi connectivity index (χ0) is 8.97. The third kappa shape index (κ3) is 2.99. The Hall–Kier alpha value is -0.280. The molecule has 1 saturated carbocycles. The second kappa shape index (κ2) is 4.67. The smallest absolute Gasteiger partial charge is 0.221 e. The van der Waals surface area contributed by atoms with Crippen molar-refractivity contribution in [2.75, 3.05) is 5.88 Å². The minimum atomic E-state index is 0.0455. The van der Waals surface area contributed by atoms with Crippen LogP contribution in [0.15, 0.2) is 0 Å². The van der Waals surface area contributed by atoms with E-state index in [2.05, 4.69) is 5.32 Å². The molecule has 1 aliphatic rings. The minimum Gasteiger partial charge on any atom is -0.353 e. The van der Waals surface area contributed by atoms with Gasteiger partial charge in [-0.25, -0.2) is 0 Å². The Labute approximate surface area is 77.6 Å². The largest absolute Gasteiger partial charge is 0.353 e. The minimum absolute atomic E-state index is 0.0455. The molecule has 3 nitrogen and oxygen atoms in total. The summed E-state index contributed by atoms with van der Waals surface area (Å²) in [6.07, 6.45) is 3.35. The van der Waals surface area contributed by atoms with Gasteiger partial charge < -0.3 is 11.1 Å². The van der Waals surface area contributed by atoms with Gasteiger partial charge in [-0.3, -0.25) is 4.79 Å². The normalized spacial score (nSPS) is 28.8. The maximum Gasteiger partial charge on any atom is 0.221 e. The SMILES string of the molecule is N[C@H]1CC[C@@H](NC(=O)CCCl)C1. The van der Waals surface area contributed by atoms with E-state index in [9.17, 15) is 4.79 Å². The highest BCUT2D eigenvalue weighted by molar-refractivity contribution is 6.18. The van der Waals surface area contributed by atoms with Gasteiger partial charge in [0, 0.05) is 24.4 Å². The Morgan fingerprint density at radius 3 is 2.83 bits per heavy atom. The van der Waals surface area contributed by atoms with E-state index >= 15 is 0 Å². The third-order valence-corrected chi connectivity index (χ3v) is 2.35. The number of carbonyl (C=O) groups is 1. The van der Waals surface area contributed by atoms with E-state index in [0.29, 0.717) is 12.3 Å². The van der Waals surface area contributed by atoms with Gasteiger partial charge in [-0.05, 0) is 19.3 Å². The molecular weight excluding hydrogens is 176 g/mol. The van der Waals surface area contributed by atoms with Crippen molar-refractivity contribution in [1.29, 1.82) is 0 Å². The summed E-state index contributed by atoms with van der Waals surface area (Å²) in [6, 6.07) is 0.557. The molecule has 1 rings (SSSR count). The number of halogens is 1. The fourth-order valence-electron chi connectivity index (χ4n) is 1.53. The number of nitrogens with two attached hydrogens (primary N) is 1. The second-order valence-electron chi connectivity index (χ2n) is 3.28. The lowest BCUT2D eigenvalue weighted by atomic mass is 10.2. The zero-order valence-electron chi connectivity index (χ0n) is 7.05. The summed E-state index contributed by atoms with van der Waals surface area (Å²) in [5.74, 6) is 0.439. The van der Waals surface area contributed by atoms with Crippen molar-refractivity contribution in [2.45, 2.75) is 37.8 Å². The third-order valence-electron chi connectivity index (χ3n) is 2.16. The lowest BCUT2D eigenvalue weighted by Gasteiger charge is -2.11. The van der Waals surface area contributed by atoms with E-state index < -0.39 is 0 Å². The molecule has 0 aromatic carbocycles. The van der Waals surface area contributed by atoms with Gasteiger partial charge in [0.2, 0.25) is 5.91 Å². The molecule has 1 amide bonds. The molecule has 0 aliphatic heterocycles. The first-order valence-electron chi connectivity index (χ1n) is 4.33. The van der Waals surface area contributed by atoms with E-state index in [4.69, 9.17) is 17.3 Å². The van der Waals surface area contributed by atoms with E-state index in [1.807, 2.05) is 0 Å². The molecular formula is C8H15ClN2O. The Morgan fingerprint density at radius 1 is 1.58 bits per heavy atom. The summed E-state index contributed by atoms with van der Waals surface area (Å²) in [7, 11) is 0. The van der Waals surface area contributed by atoms with Crippen LogP contribution in [0.1, 0.15) is 25.7 Å². The number of nitrogens with one attached hydrogen (secondary N) is 1. The van der Waals surface area contributed by atoms with Crippen molar-refractivity contribution in [1.82, 2.24) is 5.32 Å². The summed E-state index contributed by atoms with van der Waals surface area (Å²) in [6.45, 7) is 0. The van der Waals surface area contributed by atoms with Crippen molar-refractivity contribution in [2.24, 2.45) is 5.73 Å². The Kier molecular flexibility index (Phi) is 3.82. The standard InChI is InChI=1S/C8H15ClN2O/c9-4-3-8(12)11-7-2-1-6(10)5-7/h6-7H,1-5,10H2,(H,11,12)/t6-,7+/m0/s1. The van der Waals surface area contributed by atoms with Crippen LogP contribution >= 0.6 is 11.6 Å². The van der Waals surface area contributed by atoms with Gasteiger partial charge in [0.25, 0.3) is 0 Å². The van der Waals surface area contributed by atoms with E-state index in [-0.39, 0.29) is 18.0 Å². The van der Waals surface area contributed by atoms with Gasteiger partial charge in [-0.2, -0.15) is 0 Å². The fraction of sp³-hybridized carbons (Fsp3) is 0.875. The summed E-state index contributed by atoms with van der Waals surface area (Å²) in [5.41, 5.74) is 5.70. The lowest BCUT2D eigenvalue weighted by Crippen LogP contribution is -2.34. The first-order valence-corrected chi connectivity index (χ1v) is 4.86. The molecule has 0 radical (unpaired) electrons. The van der Waals surface area contributed by atoms with Crippen molar-refractivity contribution >= 4 is 17.5 Å². The summed E-state index contributed by atoms with van der Waals surface area (Å²) >= 11 is 5.42. The number of hydrogen-bond donors (Lipinski definition) is 2. The van der Waals surface area contributed by atoms with Crippen LogP contribution in [0.3, 0.4) is 0 Å². The van der Waals surface area contributed by atoms with Gasteiger partial charge in [0.05, 0.1) is 0 Å². The molecule has 70 valence electrons. The molecule has 0 unspecified atom stereocenters. The number of hydrogen-bond acceptors (Lipinski definition) is 2. The Balaban J connectivity index is 2.18. The van der Waals surface area contributed by atoms with Crippen molar-refractivity contribution in [3.8, 4) is 0 Å². The number of amides is 1. The molecule has 3 N–H and O–H groups in total. The van der Waals surface area contributed by atoms with Crippen LogP contribution in [0, 0.1) is 0 Å². The topological polar surface area (TPSA) is 55.1 Å². The van der Waals surface area contributed by atoms with Gasteiger partial charge in [-0.15, -0.1) is 11.6 Å². The molecule has 1 fully saturated rings. The molecule has 12 heavy (non-hydrogen) atoms. The van der Waals surface area contributed by atoms with E-state index in [1.54, 1.807) is 0 Å². The summed E-state index contributed by atoms with van der Waals surface area (Å²) in [4.78, 5) is 11.1. The fourth-order valence-corrected chi connectivity index (χ4v) is 1.70. The molecule has 1 aliphatic carbocycles. The van der Waals surface area contributed by atoms with Crippen LogP contribution in [0.25, 0.3) is 0 Å². The van der Waals surface area contributed by atoms with Gasteiger partial charge in [-0.1, -0.05) is 0 Å². The van der Waals surface area contributed by atoms with Crippen LogP contribution in [0.2, 0.25) is 0 Å². The quantitative estimate of drug-likeness (QED) is 0.641. The van der Waals surface area contributed by atoms with E-state index in [0.717, 1.165) is 19.3 Å². The molecule has 0 aromatic rings. The van der Waals surface area contributed by atoms with Crippen molar-refractivity contribution in [3.63, 3.8) is 0 Å². The molecule has 0 bridgehead atoms. The molecule has 2 atom stereocenters. The van der Waals surface area contributed by atoms with Crippen molar-refractivity contribution < 1.29 is 4.79 Å². The molecule has 0 spiro atoms. The highest BCUT2D eigenvalue weighted by Gasteiger charge is 2.22. The van der Waals surface area contributed by atoms with Crippen LogP contribution < -0.4 is 11.1 Å². The maximum atomic E-state index is 11.1. The van der Waals surface area contributed by atoms with Gasteiger partial charge >= 0.3 is 0 Å². The molecule has 0 aromatic heterocycles. The maximum absolute atomic E-state index is 11.1. The monoisotopic (exact) mass is 190 g/mol. The first-order chi connectivity index (χ1) is 5.72. The zero-order valence-corrected chi connectivity index (χ0v) is 7.81. The number of carbonyl (C=O) groups excluding carboxylic acids is 1. The van der Waals surface area contributed by atoms with Crippen LogP contribution in [-0.2, 0) is 4.79 Å². The van der Waals surface area contributed by atoms with Crippen LogP contribution in [0.5, 0.6) is 0 Å². The average molecular weight is 191 g/mol. The summed E-state index contributed by atoms with van der Waals surface area (Å²) < 4.78 is 0. The average Bonchev–Trinajstić information content (AvgIpc) is 2.36. The lowest BCUT2D eigenvalue weighted by molar-refractivity contribution is -0.121. The Morgan fingerprint density at radius 2 is 2.33 bits per heavy atom. The second-order valence-corrected chi connectivity index (χ2v) is 3.65. The van der Waals surface area contributed by atoms with Crippen molar-refractivity contribution in [3.05, 3.63) is 0 Å². The number of alkyl halides is 1. The van der Waals surface area contributed by atoms with Gasteiger partial charge in [0.15, 0.2) is 0 Å². The molecule has 0 heterocycles. The molecule has 0 saturated heterocycles.